The lowest BCUT2D eigenvalue weighted by Crippen LogP contribution is -2.28. The molecule has 0 saturated carbocycles. The highest BCUT2D eigenvalue weighted by Crippen LogP contribution is 2.36. The van der Waals surface area contributed by atoms with Gasteiger partial charge in [-0.05, 0) is 48.5 Å². The molecule has 2 atom stereocenters. The van der Waals surface area contributed by atoms with Crippen molar-refractivity contribution in [2.45, 2.75) is 34.7 Å². The van der Waals surface area contributed by atoms with E-state index in [2.05, 4.69) is 34.9 Å². The summed E-state index contributed by atoms with van der Waals surface area (Å²) in [5, 5.41) is 0. The molecular weight excluding hydrogens is 889 g/mol. The van der Waals surface area contributed by atoms with E-state index in [0.717, 1.165) is 35.1 Å². The van der Waals surface area contributed by atoms with Crippen molar-refractivity contribution in [3.05, 3.63) is 142 Å². The van der Waals surface area contributed by atoms with E-state index < -0.39 is 19.7 Å². The van der Waals surface area contributed by atoms with Gasteiger partial charge in [0.1, 0.15) is 35.2 Å². The second-order valence-corrected chi connectivity index (χ2v) is 19.9. The van der Waals surface area contributed by atoms with Gasteiger partial charge in [-0.2, -0.15) is 9.97 Å². The SMILES string of the molecule is CS(=O)(=O)c1ccc2c(c1)ncn2-c1ncc2[nH]c(=O)n(C3CCOc4ccccc43)c2n1.CS(=O)(=O)c1ccc2ncn(-c3ncc4[nH]c(=O)n(C5CCOc6ccccc65)c4n3)c2c1. The first-order chi connectivity index (χ1) is 31.8. The third-order valence-electron chi connectivity index (χ3n) is 11.7. The average Bonchev–Trinajstić information content (AvgIpc) is 4.09. The Morgan fingerprint density at radius 1 is 0.576 bits per heavy atom. The average molecular weight is 925 g/mol. The molecule has 0 spiro atoms. The van der Waals surface area contributed by atoms with Gasteiger partial charge >= 0.3 is 11.4 Å². The summed E-state index contributed by atoms with van der Waals surface area (Å²) in [6, 6.07) is 24.3. The summed E-state index contributed by atoms with van der Waals surface area (Å²) in [7, 11) is -6.75. The van der Waals surface area contributed by atoms with Gasteiger partial charge in [0.25, 0.3) is 0 Å². The maximum atomic E-state index is 12.9. The molecule has 0 bridgehead atoms. The fraction of sp³-hybridized carbons (Fsp3) is 0.182. The molecule has 0 aliphatic carbocycles. The molecule has 8 heterocycles. The summed E-state index contributed by atoms with van der Waals surface area (Å²) in [6.45, 7) is 0.979. The van der Waals surface area contributed by atoms with Crippen LogP contribution in [0.3, 0.4) is 0 Å². The molecule has 2 aliphatic rings. The minimum absolute atomic E-state index is 0.176. The normalized spacial score (nSPS) is 16.1. The zero-order chi connectivity index (χ0) is 45.5. The summed E-state index contributed by atoms with van der Waals surface area (Å²) in [6.07, 6.45) is 9.75. The first kappa shape index (κ1) is 40.8. The Labute approximate surface area is 373 Å². The Morgan fingerprint density at radius 2 is 1.06 bits per heavy atom. The number of para-hydroxylation sites is 2. The minimum atomic E-state index is -3.40. The van der Waals surface area contributed by atoms with E-state index >= 15 is 0 Å². The lowest BCUT2D eigenvalue weighted by atomic mass is 10.0. The van der Waals surface area contributed by atoms with Crippen LogP contribution in [-0.4, -0.2) is 101 Å². The number of ether oxygens (including phenoxy) is 2. The summed E-state index contributed by atoms with van der Waals surface area (Å²) in [5.74, 6) is 2.11. The molecule has 0 saturated heterocycles. The number of nitrogens with one attached hydrogen (secondary N) is 2. The molecule has 0 amide bonds. The van der Waals surface area contributed by atoms with Gasteiger partial charge in [0.05, 0.1) is 69.5 Å². The van der Waals surface area contributed by atoms with Crippen LogP contribution in [0.4, 0.5) is 0 Å². The Kier molecular flexibility index (Phi) is 9.47. The van der Waals surface area contributed by atoms with Crippen molar-refractivity contribution in [3.63, 3.8) is 0 Å². The van der Waals surface area contributed by atoms with Crippen molar-refractivity contribution in [1.29, 1.82) is 0 Å². The Balaban J connectivity index is 0.000000146. The minimum Gasteiger partial charge on any atom is -0.493 e. The predicted octanol–water partition coefficient (Wildman–Crippen LogP) is 4.47. The number of H-pyrrole nitrogens is 2. The van der Waals surface area contributed by atoms with Crippen LogP contribution in [0.1, 0.15) is 36.1 Å². The van der Waals surface area contributed by atoms with E-state index in [1.165, 1.54) is 30.9 Å². The lowest BCUT2D eigenvalue weighted by molar-refractivity contribution is 0.256. The van der Waals surface area contributed by atoms with Gasteiger partial charge in [0.2, 0.25) is 11.9 Å². The van der Waals surface area contributed by atoms with Gasteiger partial charge in [-0.3, -0.25) is 18.3 Å². The number of sulfone groups is 2. The van der Waals surface area contributed by atoms with Crippen molar-refractivity contribution in [2.24, 2.45) is 0 Å². The summed E-state index contributed by atoms with van der Waals surface area (Å²) >= 11 is 0. The topological polar surface area (TPSA) is 250 Å². The summed E-state index contributed by atoms with van der Waals surface area (Å²) in [5.41, 5.74) is 5.56. The van der Waals surface area contributed by atoms with E-state index in [1.54, 1.807) is 48.9 Å². The molecule has 2 N–H and O–H groups in total. The first-order valence-electron chi connectivity index (χ1n) is 20.5. The van der Waals surface area contributed by atoms with Crippen LogP contribution in [0.25, 0.3) is 56.3 Å². The predicted molar refractivity (Wildman–Crippen MR) is 241 cm³/mol. The van der Waals surface area contributed by atoms with Gasteiger partial charge in [-0.15, -0.1) is 0 Å². The van der Waals surface area contributed by atoms with Gasteiger partial charge < -0.3 is 19.4 Å². The Hall–Kier alpha value is -7.98. The quantitative estimate of drug-likeness (QED) is 0.234. The highest BCUT2D eigenvalue weighted by atomic mass is 32.2. The number of hydrogen-bond acceptors (Lipinski definition) is 14. The molecule has 2 aliphatic heterocycles. The van der Waals surface area contributed by atoms with Crippen LogP contribution in [0, 0.1) is 0 Å². The number of fused-ring (bicyclic) bond motifs is 6. The number of rotatable bonds is 6. The maximum absolute atomic E-state index is 12.9. The third kappa shape index (κ3) is 6.97. The number of benzene rings is 4. The zero-order valence-corrected chi connectivity index (χ0v) is 36.6. The lowest BCUT2D eigenvalue weighted by Gasteiger charge is -2.26. The molecule has 332 valence electrons. The van der Waals surface area contributed by atoms with Crippen molar-refractivity contribution in [2.75, 3.05) is 25.7 Å². The van der Waals surface area contributed by atoms with Crippen LogP contribution in [0.15, 0.2) is 129 Å². The van der Waals surface area contributed by atoms with Gasteiger partial charge in [0, 0.05) is 36.5 Å². The smallest absolute Gasteiger partial charge is 0.328 e. The molecule has 4 aromatic carbocycles. The summed E-state index contributed by atoms with van der Waals surface area (Å²) < 4.78 is 65.9. The highest BCUT2D eigenvalue weighted by Gasteiger charge is 2.29. The molecule has 22 heteroatoms. The second-order valence-electron chi connectivity index (χ2n) is 15.9. The number of hydrogen-bond donors (Lipinski definition) is 2. The molecule has 2 unspecified atom stereocenters. The second kappa shape index (κ2) is 15.3. The Bertz CT molecular complexity index is 3940. The van der Waals surface area contributed by atoms with Crippen LogP contribution in [0.5, 0.6) is 11.5 Å². The molecule has 66 heavy (non-hydrogen) atoms. The largest absolute Gasteiger partial charge is 0.493 e. The highest BCUT2D eigenvalue weighted by molar-refractivity contribution is 7.91. The monoisotopic (exact) mass is 924 g/mol. The first-order valence-corrected chi connectivity index (χ1v) is 24.3. The third-order valence-corrected chi connectivity index (χ3v) is 13.9. The summed E-state index contributed by atoms with van der Waals surface area (Å²) in [4.78, 5) is 58.7. The number of imidazole rings is 4. The van der Waals surface area contributed by atoms with E-state index in [1.807, 2.05) is 48.5 Å². The van der Waals surface area contributed by atoms with E-state index in [4.69, 9.17) is 14.5 Å². The fourth-order valence-corrected chi connectivity index (χ4v) is 9.85. The molecular formula is C44H36N12O8S2. The van der Waals surface area contributed by atoms with Crippen molar-refractivity contribution >= 4 is 64.1 Å². The van der Waals surface area contributed by atoms with Gasteiger partial charge in [-0.25, -0.2) is 46.4 Å². The number of nitrogens with zero attached hydrogens (tertiary/aromatic N) is 10. The van der Waals surface area contributed by atoms with Crippen LogP contribution in [-0.2, 0) is 19.7 Å². The molecule has 0 radical (unpaired) electrons. The zero-order valence-electron chi connectivity index (χ0n) is 34.9. The van der Waals surface area contributed by atoms with Crippen LogP contribution < -0.4 is 20.9 Å². The van der Waals surface area contributed by atoms with Gasteiger partial charge in [-0.1, -0.05) is 36.4 Å². The van der Waals surface area contributed by atoms with Crippen molar-refractivity contribution < 1.29 is 26.3 Å². The van der Waals surface area contributed by atoms with E-state index in [-0.39, 0.29) is 39.2 Å². The van der Waals surface area contributed by atoms with E-state index in [9.17, 15) is 26.4 Å². The van der Waals surface area contributed by atoms with E-state index in [0.29, 0.717) is 76.4 Å². The molecule has 12 rings (SSSR count). The molecule has 6 aromatic heterocycles. The van der Waals surface area contributed by atoms with Gasteiger partial charge in [0.15, 0.2) is 31.0 Å². The maximum Gasteiger partial charge on any atom is 0.328 e. The molecule has 10 aromatic rings. The molecule has 0 fully saturated rings. The fourth-order valence-electron chi connectivity index (χ4n) is 8.57. The Morgan fingerprint density at radius 3 is 1.61 bits per heavy atom. The van der Waals surface area contributed by atoms with Crippen LogP contribution in [0.2, 0.25) is 0 Å². The number of aromatic amines is 2. The van der Waals surface area contributed by atoms with Crippen LogP contribution >= 0.6 is 0 Å². The van der Waals surface area contributed by atoms with Crippen molar-refractivity contribution in [1.82, 2.24) is 58.1 Å². The van der Waals surface area contributed by atoms with Crippen molar-refractivity contribution in [3.8, 4) is 23.4 Å². The standard InChI is InChI=1S/2C22H18N6O4S/c1-33(30,31)13-6-7-18-15(10-13)24-12-27(18)21-23-11-16-20(26-21)28(22(29)25-16)17-8-9-32-19-5-3-2-4-14(17)19;1-33(30,31)13-6-7-15-18(10-13)27(12-24-15)21-23-11-16-20(26-21)28(22(29)25-16)17-8-9-32-19-5-3-2-4-14(17)19/h2*2-7,10-12,17H,8-9H2,1H3,(H,25,29). The number of aromatic nitrogens is 12. The molecule has 20 nitrogen and oxygen atoms in total.